The Hall–Kier alpha value is -0.920. The van der Waals surface area contributed by atoms with E-state index in [2.05, 4.69) is 31.2 Å². The highest BCUT2D eigenvalue weighted by Gasteiger charge is 2.23. The molecule has 0 saturated carbocycles. The van der Waals surface area contributed by atoms with Crippen LogP contribution < -0.4 is 11.1 Å². The van der Waals surface area contributed by atoms with E-state index in [0.717, 1.165) is 0 Å². The summed E-state index contributed by atoms with van der Waals surface area (Å²) in [5.74, 6) is 0.560. The van der Waals surface area contributed by atoms with Gasteiger partial charge in [-0.05, 0) is 22.9 Å². The van der Waals surface area contributed by atoms with Gasteiger partial charge < -0.3 is 21.3 Å². The summed E-state index contributed by atoms with van der Waals surface area (Å²) in [6.45, 7) is 1.17. The van der Waals surface area contributed by atoms with Gasteiger partial charge in [0.15, 0.2) is 0 Å². The Labute approximate surface area is 95.7 Å². The van der Waals surface area contributed by atoms with Gasteiger partial charge >= 0.3 is 0 Å². The van der Waals surface area contributed by atoms with Crippen LogP contribution in [0.3, 0.4) is 0 Å². The van der Waals surface area contributed by atoms with Crippen molar-refractivity contribution in [3.8, 4) is 0 Å². The average Bonchev–Trinajstić information content (AvgIpc) is 2.16. The van der Waals surface area contributed by atoms with E-state index in [1.54, 1.807) is 13.0 Å². The molecule has 0 bridgehead atoms. The van der Waals surface area contributed by atoms with E-state index in [1.807, 2.05) is 0 Å². The molecule has 1 aromatic rings. The summed E-state index contributed by atoms with van der Waals surface area (Å²) in [6, 6.07) is 1.56. The van der Waals surface area contributed by atoms with Gasteiger partial charge in [0.2, 0.25) is 5.95 Å². The minimum absolute atomic E-state index is 0.237. The molecule has 0 amide bonds. The third-order valence-corrected chi connectivity index (χ3v) is 2.23. The van der Waals surface area contributed by atoms with Crippen LogP contribution in [-0.2, 0) is 0 Å². The number of aromatic nitrogens is 2. The smallest absolute Gasteiger partial charge is 0.226 e. The van der Waals surface area contributed by atoms with Crippen molar-refractivity contribution in [2.45, 2.75) is 12.5 Å². The van der Waals surface area contributed by atoms with Gasteiger partial charge in [0.05, 0.1) is 18.8 Å². The van der Waals surface area contributed by atoms with E-state index in [9.17, 15) is 0 Å². The van der Waals surface area contributed by atoms with Gasteiger partial charge in [-0.1, -0.05) is 0 Å². The fraction of sp³-hybridized carbons (Fsp3) is 0.500. The lowest BCUT2D eigenvalue weighted by Gasteiger charge is -2.26. The topological polar surface area (TPSA) is 104 Å². The molecule has 84 valence electrons. The molecular weight excluding hydrogens is 264 g/mol. The molecule has 1 aromatic heterocycles. The standard InChI is InChI=1S/C8H13BrN4O2/c1-8(3-14,4-15)13-7-11-5(9)2-6(10)12-7/h2,14-15H,3-4H2,1H3,(H3,10,11,12,13). The normalized spacial score (nSPS) is 11.5. The first-order valence-corrected chi connectivity index (χ1v) is 5.08. The van der Waals surface area contributed by atoms with Crippen molar-refractivity contribution in [2.24, 2.45) is 0 Å². The van der Waals surface area contributed by atoms with Crippen LogP contribution in [0.2, 0.25) is 0 Å². The van der Waals surface area contributed by atoms with E-state index in [4.69, 9.17) is 15.9 Å². The number of nitrogen functional groups attached to an aromatic ring is 1. The summed E-state index contributed by atoms with van der Waals surface area (Å²) < 4.78 is 0.538. The average molecular weight is 277 g/mol. The van der Waals surface area contributed by atoms with Crippen molar-refractivity contribution in [3.05, 3.63) is 10.7 Å². The maximum Gasteiger partial charge on any atom is 0.226 e. The van der Waals surface area contributed by atoms with Gasteiger partial charge in [-0.2, -0.15) is 4.98 Å². The van der Waals surface area contributed by atoms with Crippen LogP contribution in [0, 0.1) is 0 Å². The van der Waals surface area contributed by atoms with E-state index >= 15 is 0 Å². The first kappa shape index (κ1) is 12.2. The zero-order chi connectivity index (χ0) is 11.5. The first-order chi connectivity index (χ1) is 6.99. The summed E-state index contributed by atoms with van der Waals surface area (Å²) >= 11 is 3.17. The van der Waals surface area contributed by atoms with Gasteiger partial charge in [-0.3, -0.25) is 0 Å². The number of hydrogen-bond acceptors (Lipinski definition) is 6. The van der Waals surface area contributed by atoms with Crippen LogP contribution in [0.4, 0.5) is 11.8 Å². The molecule has 1 rings (SSSR count). The summed E-state index contributed by atoms with van der Waals surface area (Å²) in [4.78, 5) is 7.93. The van der Waals surface area contributed by atoms with Crippen LogP contribution in [0.1, 0.15) is 6.92 Å². The number of aliphatic hydroxyl groups excluding tert-OH is 2. The Kier molecular flexibility index (Phi) is 3.83. The second kappa shape index (κ2) is 4.73. The zero-order valence-corrected chi connectivity index (χ0v) is 9.82. The molecule has 0 radical (unpaired) electrons. The lowest BCUT2D eigenvalue weighted by Crippen LogP contribution is -2.43. The van der Waals surface area contributed by atoms with E-state index in [1.165, 1.54) is 0 Å². The molecule has 0 atom stereocenters. The zero-order valence-electron chi connectivity index (χ0n) is 8.24. The number of nitrogens with one attached hydrogen (secondary N) is 1. The van der Waals surface area contributed by atoms with Crippen LogP contribution >= 0.6 is 15.9 Å². The molecule has 0 saturated heterocycles. The van der Waals surface area contributed by atoms with Gasteiger partial charge in [-0.25, -0.2) is 4.98 Å². The Morgan fingerprint density at radius 3 is 2.53 bits per heavy atom. The molecule has 0 aliphatic carbocycles. The summed E-state index contributed by atoms with van der Waals surface area (Å²) in [5, 5.41) is 20.9. The largest absolute Gasteiger partial charge is 0.394 e. The summed E-state index contributed by atoms with van der Waals surface area (Å²) in [6.07, 6.45) is 0. The molecule has 6 nitrogen and oxygen atoms in total. The molecule has 0 aliphatic rings. The lowest BCUT2D eigenvalue weighted by molar-refractivity contribution is 0.147. The fourth-order valence-corrected chi connectivity index (χ4v) is 1.29. The quantitative estimate of drug-likeness (QED) is 0.576. The number of rotatable bonds is 4. The second-order valence-electron chi connectivity index (χ2n) is 3.44. The second-order valence-corrected chi connectivity index (χ2v) is 4.25. The van der Waals surface area contributed by atoms with Crippen LogP contribution in [-0.4, -0.2) is 38.9 Å². The minimum Gasteiger partial charge on any atom is -0.394 e. The predicted molar refractivity (Wildman–Crippen MR) is 60.3 cm³/mol. The summed E-state index contributed by atoms with van der Waals surface area (Å²) in [7, 11) is 0. The molecule has 5 N–H and O–H groups in total. The fourth-order valence-electron chi connectivity index (χ4n) is 0.890. The number of anilines is 2. The van der Waals surface area contributed by atoms with E-state index in [0.29, 0.717) is 10.4 Å². The maximum absolute atomic E-state index is 9.06. The van der Waals surface area contributed by atoms with Crippen molar-refractivity contribution in [3.63, 3.8) is 0 Å². The highest BCUT2D eigenvalue weighted by atomic mass is 79.9. The molecule has 0 aliphatic heterocycles. The Balaban J connectivity index is 2.88. The van der Waals surface area contributed by atoms with Crippen molar-refractivity contribution >= 4 is 27.7 Å². The number of aliphatic hydroxyl groups is 2. The van der Waals surface area contributed by atoms with E-state index < -0.39 is 5.54 Å². The molecule has 0 aromatic carbocycles. The van der Waals surface area contributed by atoms with Gasteiger partial charge in [-0.15, -0.1) is 0 Å². The van der Waals surface area contributed by atoms with Crippen molar-refractivity contribution in [1.82, 2.24) is 9.97 Å². The van der Waals surface area contributed by atoms with Crippen molar-refractivity contribution in [1.29, 1.82) is 0 Å². The van der Waals surface area contributed by atoms with Gasteiger partial charge in [0.1, 0.15) is 10.4 Å². The minimum atomic E-state index is -0.868. The predicted octanol–water partition coefficient (Wildman–Crippen LogP) is -0.0235. The molecule has 15 heavy (non-hydrogen) atoms. The number of nitrogens with zero attached hydrogens (tertiary/aromatic N) is 2. The maximum atomic E-state index is 9.06. The molecule has 7 heteroatoms. The Bertz CT molecular complexity index is 323. The Morgan fingerprint density at radius 1 is 1.47 bits per heavy atom. The molecule has 0 spiro atoms. The highest BCUT2D eigenvalue weighted by molar-refractivity contribution is 9.10. The monoisotopic (exact) mass is 276 g/mol. The molecule has 0 unspecified atom stereocenters. The SMILES string of the molecule is CC(CO)(CO)Nc1nc(N)cc(Br)n1. The number of nitrogens with two attached hydrogens (primary N) is 1. The van der Waals surface area contributed by atoms with Crippen LogP contribution in [0.15, 0.2) is 10.7 Å². The van der Waals surface area contributed by atoms with Crippen molar-refractivity contribution < 1.29 is 10.2 Å². The Morgan fingerprint density at radius 2 is 2.07 bits per heavy atom. The third kappa shape index (κ3) is 3.29. The lowest BCUT2D eigenvalue weighted by atomic mass is 10.1. The van der Waals surface area contributed by atoms with Crippen LogP contribution in [0.25, 0.3) is 0 Å². The van der Waals surface area contributed by atoms with Crippen molar-refractivity contribution in [2.75, 3.05) is 24.3 Å². The van der Waals surface area contributed by atoms with Gasteiger partial charge in [0.25, 0.3) is 0 Å². The number of halogens is 1. The number of hydrogen-bond donors (Lipinski definition) is 4. The van der Waals surface area contributed by atoms with Gasteiger partial charge in [0, 0.05) is 6.07 Å². The first-order valence-electron chi connectivity index (χ1n) is 4.29. The van der Waals surface area contributed by atoms with Crippen LogP contribution in [0.5, 0.6) is 0 Å². The summed E-state index contributed by atoms with van der Waals surface area (Å²) in [5.41, 5.74) is 4.65. The third-order valence-electron chi connectivity index (χ3n) is 1.83. The van der Waals surface area contributed by atoms with E-state index in [-0.39, 0.29) is 19.2 Å². The molecular formula is C8H13BrN4O2. The molecule has 1 heterocycles. The molecule has 0 fully saturated rings. The highest BCUT2D eigenvalue weighted by Crippen LogP contribution is 2.15.